The van der Waals surface area contributed by atoms with Gasteiger partial charge in [-0.15, -0.1) is 0 Å². The van der Waals surface area contributed by atoms with Crippen LogP contribution >= 0.6 is 30.4 Å². The SMILES string of the molecule is Cc1ccc2nc(CN3CCN(CP(=O)(O)O)CCN(CC(=O)NCCONC(=O)CN4CCN(CP(=O)(O)O)CCN(Cc5ccc6cc(C)ccc6n5)CCN(CP(=O)(O)O)CC4)CCN(CP(=O)(O)O)CC3)ccc2c1. The molecule has 2 aliphatic rings. The van der Waals surface area contributed by atoms with Crippen LogP contribution in [0.1, 0.15) is 22.5 Å². The summed E-state index contributed by atoms with van der Waals surface area (Å²) >= 11 is 0. The number of aryl methyl sites for hydroxylation is 2. The van der Waals surface area contributed by atoms with Crippen LogP contribution in [0.15, 0.2) is 60.7 Å². The summed E-state index contributed by atoms with van der Waals surface area (Å²) in [5.41, 5.74) is 7.69. The molecule has 0 aliphatic carbocycles. The van der Waals surface area contributed by atoms with Gasteiger partial charge in [0, 0.05) is 135 Å². The van der Waals surface area contributed by atoms with Crippen LogP contribution < -0.4 is 10.8 Å². The first-order valence-electron chi connectivity index (χ1n) is 26.0. The Morgan fingerprint density at radius 1 is 0.456 bits per heavy atom. The summed E-state index contributed by atoms with van der Waals surface area (Å²) in [5.74, 6) is -1.04. The van der Waals surface area contributed by atoms with Crippen LogP contribution in [0.4, 0.5) is 0 Å². The van der Waals surface area contributed by atoms with Gasteiger partial charge in [0.25, 0.3) is 5.91 Å². The monoisotopic (exact) mass is 1190 g/mol. The zero-order valence-electron chi connectivity index (χ0n) is 44.9. The van der Waals surface area contributed by atoms with Crippen LogP contribution in [0.25, 0.3) is 21.8 Å². The van der Waals surface area contributed by atoms with Gasteiger partial charge in [0.1, 0.15) is 25.1 Å². The minimum atomic E-state index is -4.51. The molecule has 0 spiro atoms. The van der Waals surface area contributed by atoms with Gasteiger partial charge < -0.3 is 44.5 Å². The fourth-order valence-electron chi connectivity index (χ4n) is 9.47. The molecule has 0 saturated carbocycles. The lowest BCUT2D eigenvalue weighted by Crippen LogP contribution is -2.48. The second-order valence-corrected chi connectivity index (χ2v) is 27.0. The van der Waals surface area contributed by atoms with Crippen molar-refractivity contribution < 1.29 is 71.8 Å². The number of nitrogens with one attached hydrogen (secondary N) is 2. The highest BCUT2D eigenvalue weighted by Gasteiger charge is 2.28. The summed E-state index contributed by atoms with van der Waals surface area (Å²) in [6.07, 6.45) is -2.09. The number of nitrogens with zero attached hydrogens (tertiary/aromatic N) is 10. The molecule has 0 radical (unpaired) electrons. The third-order valence-electron chi connectivity index (χ3n) is 13.4. The van der Waals surface area contributed by atoms with Crippen molar-refractivity contribution >= 4 is 64.0 Å². The first kappa shape index (κ1) is 64.6. The van der Waals surface area contributed by atoms with E-state index in [1.165, 1.54) is 0 Å². The molecule has 79 heavy (non-hydrogen) atoms. The molecule has 0 atom stereocenters. The Labute approximate surface area is 460 Å². The first-order valence-corrected chi connectivity index (χ1v) is 33.2. The van der Waals surface area contributed by atoms with E-state index in [4.69, 9.17) is 14.8 Å². The number of benzene rings is 2. The maximum absolute atomic E-state index is 13.3. The number of carbonyl (C=O) groups excluding carboxylic acids is 2. The molecule has 2 aliphatic heterocycles. The lowest BCUT2D eigenvalue weighted by atomic mass is 10.1. The van der Waals surface area contributed by atoms with Gasteiger partial charge in [0.15, 0.2) is 0 Å². The maximum atomic E-state index is 13.3. The molecule has 31 heteroatoms. The van der Waals surface area contributed by atoms with Crippen LogP contribution in [0.2, 0.25) is 0 Å². The molecule has 0 unspecified atom stereocenters. The highest BCUT2D eigenvalue weighted by molar-refractivity contribution is 7.52. The smallest absolute Gasteiger partial charge is 0.339 e. The molecular formula is C48H78N12O15P4. The number of fused-ring (bicyclic) bond motifs is 2. The molecule has 2 saturated heterocycles. The predicted molar refractivity (Wildman–Crippen MR) is 297 cm³/mol. The van der Waals surface area contributed by atoms with E-state index in [0.29, 0.717) is 39.3 Å². The van der Waals surface area contributed by atoms with Gasteiger partial charge in [-0.05, 0) is 50.2 Å². The summed E-state index contributed by atoms with van der Waals surface area (Å²) in [6, 6.07) is 19.7. The number of pyridine rings is 2. The number of hydrogen-bond donors (Lipinski definition) is 10. The summed E-state index contributed by atoms with van der Waals surface area (Å²) in [4.78, 5) is 136. The van der Waals surface area contributed by atoms with Gasteiger partial charge >= 0.3 is 30.4 Å². The zero-order chi connectivity index (χ0) is 57.4. The molecule has 2 fully saturated rings. The standard InChI is InChI=1S/C48H78N12O15P4/c1-39-3-9-45-41(29-39)5-7-43(50-45)31-53-12-20-57(35-76(63,64)65)24-16-55(17-25-58(21-13-53)36-77(66,67)68)33-47(61)49-11-28-75-52-48(62)34-56-18-26-59(37-78(69,70)71)22-14-54(15-23-60(27-19-56)38-79(72,73)74)32-44-8-6-42-30-40(2)4-10-46(42)51-44/h3-10,29-30H,11-28,31-38H2,1-2H3,(H,49,61)(H,52,62)(H2,63,64,65)(H2,66,67,68)(H2,69,70,71)(H2,72,73,74). The average molecular weight is 1190 g/mol. The van der Waals surface area contributed by atoms with Crippen molar-refractivity contribution in [2.75, 3.05) is 156 Å². The van der Waals surface area contributed by atoms with E-state index in [1.807, 2.05) is 84.3 Å². The quantitative estimate of drug-likeness (QED) is 0.0322. The maximum Gasteiger partial charge on any atom is 0.339 e. The molecule has 27 nitrogen and oxygen atoms in total. The molecular weight excluding hydrogens is 1110 g/mol. The second kappa shape index (κ2) is 30.1. The number of hydroxylamine groups is 1. The van der Waals surface area contributed by atoms with Gasteiger partial charge in [-0.3, -0.25) is 81.9 Å². The Kier molecular flexibility index (Phi) is 24.6. The van der Waals surface area contributed by atoms with Gasteiger partial charge in [-0.25, -0.2) is 5.48 Å². The Hall–Kier alpha value is -3.56. The molecule has 440 valence electrons. The number of amides is 2. The minimum Gasteiger partial charge on any atom is -0.353 e. The molecule has 10 N–H and O–H groups in total. The normalized spacial score (nSPS) is 18.7. The second-order valence-electron chi connectivity index (χ2n) is 20.5. The summed E-state index contributed by atoms with van der Waals surface area (Å²) < 4.78 is 49.1. The van der Waals surface area contributed by atoms with E-state index in [1.54, 1.807) is 29.4 Å². The van der Waals surface area contributed by atoms with Crippen LogP contribution in [0.3, 0.4) is 0 Å². The highest BCUT2D eigenvalue weighted by atomic mass is 31.2. The minimum absolute atomic E-state index is 0.0464. The van der Waals surface area contributed by atoms with Crippen molar-refractivity contribution in [3.8, 4) is 0 Å². The van der Waals surface area contributed by atoms with Crippen molar-refractivity contribution in [1.82, 2.24) is 60.0 Å². The number of aromatic nitrogens is 2. The first-order chi connectivity index (χ1) is 37.2. The van der Waals surface area contributed by atoms with E-state index in [2.05, 4.69) is 10.8 Å². The summed E-state index contributed by atoms with van der Waals surface area (Å²) in [5, 5.41) is 4.69. The lowest BCUT2D eigenvalue weighted by Gasteiger charge is -2.34. The van der Waals surface area contributed by atoms with Gasteiger partial charge in [-0.1, -0.05) is 35.4 Å². The van der Waals surface area contributed by atoms with Gasteiger partial charge in [0.2, 0.25) is 5.91 Å². The van der Waals surface area contributed by atoms with Crippen LogP contribution in [-0.4, -0.2) is 256 Å². The fraction of sp³-hybridized carbons (Fsp3) is 0.583. The van der Waals surface area contributed by atoms with Gasteiger partial charge in [-0.2, -0.15) is 0 Å². The van der Waals surface area contributed by atoms with E-state index >= 15 is 0 Å². The molecule has 2 aromatic heterocycles. The average Bonchev–Trinajstić information content (AvgIpc) is 3.36. The number of carbonyl (C=O) groups is 2. The fourth-order valence-corrected chi connectivity index (χ4v) is 12.7. The van der Waals surface area contributed by atoms with E-state index in [9.17, 15) is 67.0 Å². The Morgan fingerprint density at radius 2 is 0.772 bits per heavy atom. The van der Waals surface area contributed by atoms with Crippen molar-refractivity contribution in [3.63, 3.8) is 0 Å². The molecule has 4 heterocycles. The third kappa shape index (κ3) is 25.2. The van der Waals surface area contributed by atoms with Crippen molar-refractivity contribution in [2.45, 2.75) is 26.9 Å². The lowest BCUT2D eigenvalue weighted by molar-refractivity contribution is -0.134. The van der Waals surface area contributed by atoms with Crippen LogP contribution in [0, 0.1) is 13.8 Å². The van der Waals surface area contributed by atoms with E-state index in [-0.39, 0.29) is 105 Å². The third-order valence-corrected chi connectivity index (χ3v) is 16.5. The van der Waals surface area contributed by atoms with Crippen molar-refractivity contribution in [2.24, 2.45) is 0 Å². The van der Waals surface area contributed by atoms with Crippen molar-refractivity contribution in [1.29, 1.82) is 0 Å². The predicted octanol–water partition coefficient (Wildman–Crippen LogP) is 0.248. The van der Waals surface area contributed by atoms with E-state index in [0.717, 1.165) is 44.3 Å². The van der Waals surface area contributed by atoms with Crippen LogP contribution in [0.5, 0.6) is 0 Å². The Bertz CT molecular complexity index is 2570. The number of hydrogen-bond acceptors (Lipinski definition) is 17. The molecule has 0 bridgehead atoms. The molecule has 2 aromatic carbocycles. The molecule has 6 rings (SSSR count). The molecule has 2 amide bonds. The topological polar surface area (TPSA) is 349 Å². The Balaban J connectivity index is 1.01. The zero-order valence-corrected chi connectivity index (χ0v) is 48.4. The summed E-state index contributed by atoms with van der Waals surface area (Å²) in [7, 11) is -18.0. The highest BCUT2D eigenvalue weighted by Crippen LogP contribution is 2.37. The molecule has 4 aromatic rings. The number of rotatable bonds is 20. The van der Waals surface area contributed by atoms with E-state index < -0.39 is 67.3 Å². The van der Waals surface area contributed by atoms with Crippen LogP contribution in [-0.2, 0) is 45.8 Å². The van der Waals surface area contributed by atoms with Gasteiger partial charge in [0.05, 0.1) is 42.1 Å². The Morgan fingerprint density at radius 3 is 1.11 bits per heavy atom. The summed E-state index contributed by atoms with van der Waals surface area (Å²) in [6.45, 7) is 7.79. The largest absolute Gasteiger partial charge is 0.353 e. The van der Waals surface area contributed by atoms with Crippen molar-refractivity contribution in [3.05, 3.63) is 83.2 Å².